The number of carbonyl (C=O) groups excluding carboxylic acids is 1. The Morgan fingerprint density at radius 2 is 1.85 bits per heavy atom. The van der Waals surface area contributed by atoms with Gasteiger partial charge in [-0.05, 0) is 42.0 Å². The molecule has 0 atom stereocenters. The third kappa shape index (κ3) is 5.31. The zero-order valence-corrected chi connectivity index (χ0v) is 15.9. The van der Waals surface area contributed by atoms with E-state index in [9.17, 15) is 4.79 Å². The maximum absolute atomic E-state index is 11.9. The summed E-state index contributed by atoms with van der Waals surface area (Å²) >= 11 is 5.84. The summed E-state index contributed by atoms with van der Waals surface area (Å²) in [6.07, 6.45) is 0. The van der Waals surface area contributed by atoms with Crippen molar-refractivity contribution in [3.63, 3.8) is 0 Å². The van der Waals surface area contributed by atoms with Crippen LogP contribution in [0.25, 0.3) is 11.5 Å². The monoisotopic (exact) mass is 385 g/mol. The van der Waals surface area contributed by atoms with Crippen LogP contribution in [0.5, 0.6) is 5.75 Å². The van der Waals surface area contributed by atoms with Gasteiger partial charge in [-0.15, -0.1) is 0 Å². The highest BCUT2D eigenvalue weighted by molar-refractivity contribution is 6.30. The molecule has 1 amide bonds. The van der Waals surface area contributed by atoms with Gasteiger partial charge in [-0.25, -0.2) is 0 Å². The molecule has 0 saturated carbocycles. The summed E-state index contributed by atoms with van der Waals surface area (Å²) in [5.74, 6) is 1.72. The molecule has 27 heavy (non-hydrogen) atoms. The molecule has 1 N–H and O–H groups in total. The lowest BCUT2D eigenvalue weighted by atomic mass is 10.2. The number of benzene rings is 2. The summed E-state index contributed by atoms with van der Waals surface area (Å²) in [7, 11) is 0. The van der Waals surface area contributed by atoms with Crippen LogP contribution in [-0.4, -0.2) is 22.7 Å². The third-order valence-electron chi connectivity index (χ3n) is 3.83. The molecule has 0 aliphatic carbocycles. The fourth-order valence-corrected chi connectivity index (χ4v) is 2.41. The van der Waals surface area contributed by atoms with Crippen LogP contribution >= 0.6 is 11.6 Å². The van der Waals surface area contributed by atoms with Crippen LogP contribution in [0, 0.1) is 0 Å². The molecular formula is C20H20ClN3O3. The summed E-state index contributed by atoms with van der Waals surface area (Å²) in [5.41, 5.74) is 1.77. The van der Waals surface area contributed by atoms with Crippen LogP contribution in [0.4, 0.5) is 0 Å². The van der Waals surface area contributed by atoms with Crippen molar-refractivity contribution in [3.05, 3.63) is 64.9 Å². The van der Waals surface area contributed by atoms with Crippen molar-refractivity contribution < 1.29 is 14.1 Å². The van der Waals surface area contributed by atoms with E-state index in [1.54, 1.807) is 24.3 Å². The van der Waals surface area contributed by atoms with E-state index in [0.717, 1.165) is 11.1 Å². The van der Waals surface area contributed by atoms with E-state index in [0.29, 0.717) is 29.0 Å². The van der Waals surface area contributed by atoms with Crippen LogP contribution in [0.1, 0.15) is 31.2 Å². The largest absolute Gasteiger partial charge is 0.484 e. The SMILES string of the molecule is CC(C)c1noc(-c2ccc(OCC(=O)NCc3ccc(Cl)cc3)cc2)n1. The predicted octanol–water partition coefficient (Wildman–Crippen LogP) is 4.21. The molecule has 0 aliphatic heterocycles. The first kappa shape index (κ1) is 18.9. The van der Waals surface area contributed by atoms with Crippen molar-refractivity contribution in [2.24, 2.45) is 0 Å². The zero-order valence-electron chi connectivity index (χ0n) is 15.1. The lowest BCUT2D eigenvalue weighted by Crippen LogP contribution is -2.28. The molecule has 3 aromatic rings. The lowest BCUT2D eigenvalue weighted by Gasteiger charge is -2.08. The number of rotatable bonds is 7. The molecule has 0 unspecified atom stereocenters. The molecule has 1 aromatic heterocycles. The Morgan fingerprint density at radius 1 is 1.15 bits per heavy atom. The molecule has 0 spiro atoms. The number of hydrogen-bond donors (Lipinski definition) is 1. The standard InChI is InChI=1S/C20H20ClN3O3/c1-13(2)19-23-20(27-24-19)15-5-9-17(10-6-15)26-12-18(25)22-11-14-3-7-16(21)8-4-14/h3-10,13H,11-12H2,1-2H3,(H,22,25). The van der Waals surface area contributed by atoms with Crippen molar-refractivity contribution in [1.29, 1.82) is 0 Å². The van der Waals surface area contributed by atoms with E-state index in [-0.39, 0.29) is 18.4 Å². The van der Waals surface area contributed by atoms with Crippen LogP contribution in [0.3, 0.4) is 0 Å². The van der Waals surface area contributed by atoms with Gasteiger partial charge in [0.1, 0.15) is 5.75 Å². The van der Waals surface area contributed by atoms with Crippen molar-refractivity contribution in [1.82, 2.24) is 15.5 Å². The molecule has 1 heterocycles. The first-order valence-corrected chi connectivity index (χ1v) is 8.97. The fourth-order valence-electron chi connectivity index (χ4n) is 2.28. The summed E-state index contributed by atoms with van der Waals surface area (Å²) < 4.78 is 10.8. The highest BCUT2D eigenvalue weighted by Crippen LogP contribution is 2.22. The molecular weight excluding hydrogens is 366 g/mol. The number of carbonyl (C=O) groups is 1. The van der Waals surface area contributed by atoms with E-state index in [1.165, 1.54) is 0 Å². The molecule has 3 rings (SSSR count). The molecule has 0 saturated heterocycles. The molecule has 0 fully saturated rings. The van der Waals surface area contributed by atoms with Crippen molar-refractivity contribution in [3.8, 4) is 17.2 Å². The second kappa shape index (κ2) is 8.68. The van der Waals surface area contributed by atoms with Gasteiger partial charge in [0, 0.05) is 23.0 Å². The highest BCUT2D eigenvalue weighted by Gasteiger charge is 2.11. The Morgan fingerprint density at radius 3 is 2.48 bits per heavy atom. The van der Waals surface area contributed by atoms with Gasteiger partial charge >= 0.3 is 0 Å². The topological polar surface area (TPSA) is 77.2 Å². The Kier molecular flexibility index (Phi) is 6.08. The molecule has 140 valence electrons. The normalized spacial score (nSPS) is 10.8. The van der Waals surface area contributed by atoms with E-state index in [1.807, 2.05) is 38.1 Å². The Balaban J connectivity index is 1.49. The van der Waals surface area contributed by atoms with E-state index >= 15 is 0 Å². The van der Waals surface area contributed by atoms with Gasteiger partial charge in [0.15, 0.2) is 12.4 Å². The smallest absolute Gasteiger partial charge is 0.258 e. The lowest BCUT2D eigenvalue weighted by molar-refractivity contribution is -0.123. The Hall–Kier alpha value is -2.86. The Labute approximate surface area is 162 Å². The molecule has 6 nitrogen and oxygen atoms in total. The van der Waals surface area contributed by atoms with Gasteiger partial charge < -0.3 is 14.6 Å². The Bertz CT molecular complexity index is 890. The minimum absolute atomic E-state index is 0.0645. The maximum atomic E-state index is 11.9. The van der Waals surface area contributed by atoms with Gasteiger partial charge in [0.25, 0.3) is 11.8 Å². The number of aromatic nitrogens is 2. The van der Waals surface area contributed by atoms with Gasteiger partial charge in [-0.1, -0.05) is 42.7 Å². The molecule has 0 radical (unpaired) electrons. The number of hydrogen-bond acceptors (Lipinski definition) is 5. The summed E-state index contributed by atoms with van der Waals surface area (Å²) in [4.78, 5) is 16.3. The summed E-state index contributed by atoms with van der Waals surface area (Å²) in [5, 5.41) is 7.41. The van der Waals surface area contributed by atoms with Gasteiger partial charge in [-0.2, -0.15) is 4.98 Å². The number of nitrogens with zero attached hydrogens (tertiary/aromatic N) is 2. The number of amides is 1. The number of nitrogens with one attached hydrogen (secondary N) is 1. The molecule has 0 aliphatic rings. The summed E-state index contributed by atoms with van der Waals surface area (Å²) in [6.45, 7) is 4.37. The first-order chi connectivity index (χ1) is 13.0. The van der Waals surface area contributed by atoms with Gasteiger partial charge in [0.05, 0.1) is 0 Å². The van der Waals surface area contributed by atoms with E-state index in [4.69, 9.17) is 20.9 Å². The average molecular weight is 386 g/mol. The van der Waals surface area contributed by atoms with E-state index < -0.39 is 0 Å². The molecule has 0 bridgehead atoms. The van der Waals surface area contributed by atoms with E-state index in [2.05, 4.69) is 15.5 Å². The zero-order chi connectivity index (χ0) is 19.2. The highest BCUT2D eigenvalue weighted by atomic mass is 35.5. The van der Waals surface area contributed by atoms with Crippen LogP contribution in [0.15, 0.2) is 53.1 Å². The van der Waals surface area contributed by atoms with Crippen LogP contribution in [-0.2, 0) is 11.3 Å². The molecule has 2 aromatic carbocycles. The quantitative estimate of drug-likeness (QED) is 0.659. The predicted molar refractivity (Wildman–Crippen MR) is 103 cm³/mol. The minimum Gasteiger partial charge on any atom is -0.484 e. The summed E-state index contributed by atoms with van der Waals surface area (Å²) in [6, 6.07) is 14.5. The fraction of sp³-hybridized carbons (Fsp3) is 0.250. The minimum atomic E-state index is -0.201. The van der Waals surface area contributed by atoms with Crippen molar-refractivity contribution in [2.45, 2.75) is 26.3 Å². The number of ether oxygens (including phenoxy) is 1. The second-order valence-electron chi connectivity index (χ2n) is 6.33. The third-order valence-corrected chi connectivity index (χ3v) is 4.08. The van der Waals surface area contributed by atoms with Crippen LogP contribution < -0.4 is 10.1 Å². The maximum Gasteiger partial charge on any atom is 0.258 e. The van der Waals surface area contributed by atoms with Crippen LogP contribution in [0.2, 0.25) is 5.02 Å². The van der Waals surface area contributed by atoms with Crippen molar-refractivity contribution >= 4 is 17.5 Å². The van der Waals surface area contributed by atoms with Gasteiger partial charge in [-0.3, -0.25) is 4.79 Å². The number of halogens is 1. The average Bonchev–Trinajstić information content (AvgIpc) is 3.17. The second-order valence-corrected chi connectivity index (χ2v) is 6.77. The first-order valence-electron chi connectivity index (χ1n) is 8.59. The van der Waals surface area contributed by atoms with Gasteiger partial charge in [0.2, 0.25) is 0 Å². The molecule has 7 heteroatoms. The van der Waals surface area contributed by atoms with Crippen molar-refractivity contribution in [2.75, 3.05) is 6.61 Å².